The lowest BCUT2D eigenvalue weighted by molar-refractivity contribution is 0.0696. The fourth-order valence-corrected chi connectivity index (χ4v) is 2.60. The highest BCUT2D eigenvalue weighted by atomic mass is 32.1. The van der Waals surface area contributed by atoms with Gasteiger partial charge in [-0.2, -0.15) is 0 Å². The molecule has 0 radical (unpaired) electrons. The highest BCUT2D eigenvalue weighted by molar-refractivity contribution is 7.09. The first kappa shape index (κ1) is 16.0. The van der Waals surface area contributed by atoms with Crippen LogP contribution in [0.1, 0.15) is 51.2 Å². The molecule has 2 aromatic rings. The van der Waals surface area contributed by atoms with Gasteiger partial charge in [-0.05, 0) is 24.1 Å². The van der Waals surface area contributed by atoms with E-state index in [4.69, 9.17) is 14.9 Å². The van der Waals surface area contributed by atoms with E-state index in [0.717, 1.165) is 16.8 Å². The number of hydrogen-bond acceptors (Lipinski definition) is 5. The molecule has 0 amide bonds. The second kappa shape index (κ2) is 6.57. The number of carboxylic acid groups (broad SMARTS) is 2. The number of aromatic carboxylic acids is 2. The van der Waals surface area contributed by atoms with Crippen LogP contribution in [0.3, 0.4) is 0 Å². The predicted octanol–water partition coefficient (Wildman–Crippen LogP) is 3.24. The zero-order valence-corrected chi connectivity index (χ0v) is 12.9. The van der Waals surface area contributed by atoms with Gasteiger partial charge in [0, 0.05) is 5.38 Å². The number of nitrogens with zero attached hydrogens (tertiary/aromatic N) is 1. The smallest absolute Gasteiger partial charge is 0.335 e. The van der Waals surface area contributed by atoms with Crippen LogP contribution in [0, 0.1) is 0 Å². The molecule has 7 heteroatoms. The SMILES string of the molecule is CC(C)c1csc(COc2cc(C(=O)O)cc(C(=O)O)c2)n1. The Morgan fingerprint density at radius 2 is 1.77 bits per heavy atom. The first-order valence-corrected chi connectivity index (χ1v) is 7.43. The van der Waals surface area contributed by atoms with Crippen molar-refractivity contribution in [2.75, 3.05) is 0 Å². The molecule has 1 aromatic heterocycles. The second-order valence-corrected chi connectivity index (χ2v) is 5.91. The maximum Gasteiger partial charge on any atom is 0.335 e. The van der Waals surface area contributed by atoms with Gasteiger partial charge in [0.1, 0.15) is 17.4 Å². The highest BCUT2D eigenvalue weighted by Crippen LogP contribution is 2.22. The third-order valence-corrected chi connectivity index (χ3v) is 3.76. The normalized spacial score (nSPS) is 10.7. The lowest BCUT2D eigenvalue weighted by atomic mass is 10.1. The van der Waals surface area contributed by atoms with E-state index < -0.39 is 11.9 Å². The minimum atomic E-state index is -1.20. The third-order valence-electron chi connectivity index (χ3n) is 2.92. The summed E-state index contributed by atoms with van der Waals surface area (Å²) in [6.07, 6.45) is 0. The number of aromatic nitrogens is 1. The molecule has 0 aliphatic carbocycles. The third kappa shape index (κ3) is 3.82. The average Bonchev–Trinajstić information content (AvgIpc) is 2.93. The van der Waals surface area contributed by atoms with E-state index in [1.165, 1.54) is 23.5 Å². The molecule has 1 aromatic carbocycles. The summed E-state index contributed by atoms with van der Waals surface area (Å²) >= 11 is 1.45. The fourth-order valence-electron chi connectivity index (χ4n) is 1.73. The Morgan fingerprint density at radius 1 is 1.18 bits per heavy atom. The molecule has 0 fully saturated rings. The summed E-state index contributed by atoms with van der Waals surface area (Å²) in [4.78, 5) is 26.4. The molecule has 0 atom stereocenters. The molecule has 0 aliphatic heterocycles. The van der Waals surface area contributed by atoms with Crippen molar-refractivity contribution in [3.05, 3.63) is 45.4 Å². The summed E-state index contributed by atoms with van der Waals surface area (Å²) in [6, 6.07) is 3.69. The van der Waals surface area contributed by atoms with Gasteiger partial charge in [0.05, 0.1) is 16.8 Å². The molecular weight excluding hydrogens is 306 g/mol. The minimum Gasteiger partial charge on any atom is -0.486 e. The topological polar surface area (TPSA) is 96.7 Å². The summed E-state index contributed by atoms with van der Waals surface area (Å²) < 4.78 is 5.49. The van der Waals surface area contributed by atoms with E-state index in [0.29, 0.717) is 5.92 Å². The van der Waals surface area contributed by atoms with Crippen molar-refractivity contribution in [2.24, 2.45) is 0 Å². The van der Waals surface area contributed by atoms with Crippen LogP contribution in [0.2, 0.25) is 0 Å². The van der Waals surface area contributed by atoms with Gasteiger partial charge >= 0.3 is 11.9 Å². The number of thiazole rings is 1. The molecular formula is C15H15NO5S. The maximum atomic E-state index is 11.0. The van der Waals surface area contributed by atoms with Crippen LogP contribution < -0.4 is 4.74 Å². The standard InChI is InChI=1S/C15H15NO5S/c1-8(2)12-7-22-13(16-12)6-21-11-4-9(14(17)18)3-10(5-11)15(19)20/h3-5,7-8H,6H2,1-2H3,(H,17,18)(H,19,20). The minimum absolute atomic E-state index is 0.128. The van der Waals surface area contributed by atoms with Crippen molar-refractivity contribution in [1.29, 1.82) is 0 Å². The molecule has 0 saturated carbocycles. The molecule has 116 valence electrons. The Balaban J connectivity index is 2.17. The molecule has 1 heterocycles. The van der Waals surface area contributed by atoms with Crippen molar-refractivity contribution in [1.82, 2.24) is 4.98 Å². The van der Waals surface area contributed by atoms with Crippen molar-refractivity contribution in [3.63, 3.8) is 0 Å². The van der Waals surface area contributed by atoms with Gasteiger partial charge < -0.3 is 14.9 Å². The van der Waals surface area contributed by atoms with Crippen LogP contribution in [-0.2, 0) is 6.61 Å². The van der Waals surface area contributed by atoms with Crippen LogP contribution in [0.4, 0.5) is 0 Å². The van der Waals surface area contributed by atoms with Crippen LogP contribution in [-0.4, -0.2) is 27.1 Å². The zero-order valence-electron chi connectivity index (χ0n) is 12.1. The number of ether oxygens (including phenoxy) is 1. The Kier molecular flexibility index (Phi) is 4.77. The molecule has 0 saturated heterocycles. The Labute approximate surface area is 131 Å². The number of carboxylic acids is 2. The van der Waals surface area contributed by atoms with E-state index in [2.05, 4.69) is 4.98 Å². The van der Waals surface area contributed by atoms with Crippen molar-refractivity contribution < 1.29 is 24.5 Å². The molecule has 2 N–H and O–H groups in total. The molecule has 22 heavy (non-hydrogen) atoms. The van der Waals surface area contributed by atoms with Gasteiger partial charge in [0.15, 0.2) is 0 Å². The first-order valence-electron chi connectivity index (χ1n) is 6.55. The van der Waals surface area contributed by atoms with Gasteiger partial charge in [-0.15, -0.1) is 11.3 Å². The molecule has 0 bridgehead atoms. The second-order valence-electron chi connectivity index (χ2n) is 4.97. The summed E-state index contributed by atoms with van der Waals surface area (Å²) in [5.74, 6) is -1.90. The van der Waals surface area contributed by atoms with Crippen LogP contribution in [0.5, 0.6) is 5.75 Å². The van der Waals surface area contributed by atoms with Gasteiger partial charge in [-0.25, -0.2) is 14.6 Å². The largest absolute Gasteiger partial charge is 0.486 e. The maximum absolute atomic E-state index is 11.0. The molecule has 0 aliphatic rings. The van der Waals surface area contributed by atoms with E-state index in [-0.39, 0.29) is 23.5 Å². The monoisotopic (exact) mass is 321 g/mol. The molecule has 2 rings (SSSR count). The fraction of sp³-hybridized carbons (Fsp3) is 0.267. The lowest BCUT2D eigenvalue weighted by Crippen LogP contribution is -2.04. The summed E-state index contributed by atoms with van der Waals surface area (Å²) in [5, 5.41) is 20.7. The molecule has 0 spiro atoms. The summed E-state index contributed by atoms with van der Waals surface area (Å²) in [6.45, 7) is 4.24. The van der Waals surface area contributed by atoms with E-state index >= 15 is 0 Å². The van der Waals surface area contributed by atoms with E-state index in [1.54, 1.807) is 0 Å². The van der Waals surface area contributed by atoms with Crippen LogP contribution in [0.15, 0.2) is 23.6 Å². The Hall–Kier alpha value is -2.41. The summed E-state index contributed by atoms with van der Waals surface area (Å²) in [5.41, 5.74) is 0.711. The summed E-state index contributed by atoms with van der Waals surface area (Å²) in [7, 11) is 0. The zero-order chi connectivity index (χ0) is 16.3. The number of rotatable bonds is 6. The van der Waals surface area contributed by atoms with Gasteiger partial charge in [0.25, 0.3) is 0 Å². The van der Waals surface area contributed by atoms with Crippen molar-refractivity contribution >= 4 is 23.3 Å². The number of benzene rings is 1. The van der Waals surface area contributed by atoms with Crippen molar-refractivity contribution in [3.8, 4) is 5.75 Å². The first-order chi connectivity index (χ1) is 10.4. The molecule has 0 unspecified atom stereocenters. The quantitative estimate of drug-likeness (QED) is 0.847. The predicted molar refractivity (Wildman–Crippen MR) is 80.9 cm³/mol. The molecule has 6 nitrogen and oxygen atoms in total. The number of carbonyl (C=O) groups is 2. The van der Waals surface area contributed by atoms with Gasteiger partial charge in [-0.1, -0.05) is 13.8 Å². The van der Waals surface area contributed by atoms with Crippen LogP contribution in [0.25, 0.3) is 0 Å². The average molecular weight is 321 g/mol. The Bertz CT molecular complexity index is 675. The van der Waals surface area contributed by atoms with Crippen molar-refractivity contribution in [2.45, 2.75) is 26.4 Å². The lowest BCUT2D eigenvalue weighted by Gasteiger charge is -2.07. The van der Waals surface area contributed by atoms with Crippen LogP contribution >= 0.6 is 11.3 Å². The van der Waals surface area contributed by atoms with E-state index in [1.807, 2.05) is 19.2 Å². The highest BCUT2D eigenvalue weighted by Gasteiger charge is 2.13. The van der Waals surface area contributed by atoms with E-state index in [9.17, 15) is 9.59 Å². The Morgan fingerprint density at radius 3 is 2.23 bits per heavy atom. The van der Waals surface area contributed by atoms with Gasteiger partial charge in [-0.3, -0.25) is 0 Å². The number of hydrogen-bond donors (Lipinski definition) is 2. The van der Waals surface area contributed by atoms with Gasteiger partial charge in [0.2, 0.25) is 0 Å².